The van der Waals surface area contributed by atoms with Gasteiger partial charge >= 0.3 is 6.03 Å². The zero-order chi connectivity index (χ0) is 21.5. The number of aryl methyl sites for hydroxylation is 2. The van der Waals surface area contributed by atoms with Crippen molar-refractivity contribution in [3.05, 3.63) is 47.4 Å². The molecule has 30 heavy (non-hydrogen) atoms. The Kier molecular flexibility index (Phi) is 5.06. The van der Waals surface area contributed by atoms with E-state index in [1.54, 1.807) is 25.1 Å². The van der Waals surface area contributed by atoms with Gasteiger partial charge in [-0.2, -0.15) is 10.2 Å². The number of nitrogens with zero attached hydrogens (tertiary/aromatic N) is 3. The van der Waals surface area contributed by atoms with Crippen molar-refractivity contribution in [3.63, 3.8) is 0 Å². The molecule has 158 valence electrons. The second-order valence-corrected chi connectivity index (χ2v) is 9.63. The summed E-state index contributed by atoms with van der Waals surface area (Å²) in [6.45, 7) is 3.62. The van der Waals surface area contributed by atoms with Gasteiger partial charge in [0.1, 0.15) is 11.6 Å². The number of H-pyrrole nitrogens is 1. The van der Waals surface area contributed by atoms with Gasteiger partial charge in [0.2, 0.25) is 0 Å². The van der Waals surface area contributed by atoms with Crippen LogP contribution in [0.1, 0.15) is 23.7 Å². The fourth-order valence-corrected chi connectivity index (χ4v) is 5.18. The van der Waals surface area contributed by atoms with Crippen LogP contribution in [0, 0.1) is 19.7 Å². The van der Waals surface area contributed by atoms with Crippen molar-refractivity contribution in [3.8, 4) is 11.3 Å². The van der Waals surface area contributed by atoms with Gasteiger partial charge < -0.3 is 0 Å². The SMILES string of the molecule is Cc1ccc(F)c(-c2cc(NC(=O)Nc3cc(C)nn3C3CCS(=O)(=O)C3)n[nH]2)c1. The quantitative estimate of drug-likeness (QED) is 0.585. The monoisotopic (exact) mass is 432 g/mol. The van der Waals surface area contributed by atoms with Crippen LogP contribution < -0.4 is 10.6 Å². The number of benzene rings is 1. The Morgan fingerprint density at radius 2 is 2.03 bits per heavy atom. The molecule has 1 saturated heterocycles. The lowest BCUT2D eigenvalue weighted by molar-refractivity contribution is 0.262. The van der Waals surface area contributed by atoms with E-state index in [0.29, 0.717) is 29.2 Å². The van der Waals surface area contributed by atoms with E-state index >= 15 is 0 Å². The van der Waals surface area contributed by atoms with Crippen molar-refractivity contribution < 1.29 is 17.6 Å². The minimum atomic E-state index is -3.09. The molecule has 9 nitrogen and oxygen atoms in total. The van der Waals surface area contributed by atoms with Gasteiger partial charge in [0.05, 0.1) is 28.9 Å². The first-order valence-corrected chi connectivity index (χ1v) is 11.2. The third kappa shape index (κ3) is 4.20. The summed E-state index contributed by atoms with van der Waals surface area (Å²) >= 11 is 0. The molecule has 3 aromatic rings. The van der Waals surface area contributed by atoms with E-state index in [4.69, 9.17) is 0 Å². The first-order chi connectivity index (χ1) is 14.2. The topological polar surface area (TPSA) is 122 Å². The Morgan fingerprint density at radius 1 is 1.23 bits per heavy atom. The average Bonchev–Trinajstić information content (AvgIpc) is 3.36. The van der Waals surface area contributed by atoms with Crippen LogP contribution in [-0.4, -0.2) is 45.9 Å². The molecule has 1 aliphatic heterocycles. The lowest BCUT2D eigenvalue weighted by Gasteiger charge is -2.13. The number of aromatic nitrogens is 4. The van der Waals surface area contributed by atoms with E-state index in [0.717, 1.165) is 5.56 Å². The second kappa shape index (κ2) is 7.56. The van der Waals surface area contributed by atoms with E-state index in [-0.39, 0.29) is 23.4 Å². The van der Waals surface area contributed by atoms with Crippen molar-refractivity contribution in [1.29, 1.82) is 0 Å². The molecule has 0 bridgehead atoms. The highest BCUT2D eigenvalue weighted by atomic mass is 32.2. The van der Waals surface area contributed by atoms with Crippen molar-refractivity contribution >= 4 is 27.5 Å². The molecule has 1 aromatic carbocycles. The van der Waals surface area contributed by atoms with Crippen molar-refractivity contribution in [1.82, 2.24) is 20.0 Å². The zero-order valence-electron chi connectivity index (χ0n) is 16.4. The number of anilines is 2. The van der Waals surface area contributed by atoms with Crippen LogP contribution in [0.4, 0.5) is 20.8 Å². The fraction of sp³-hybridized carbons (Fsp3) is 0.316. The number of amides is 2. The Hall–Kier alpha value is -3.21. The highest BCUT2D eigenvalue weighted by Gasteiger charge is 2.31. The zero-order valence-corrected chi connectivity index (χ0v) is 17.3. The van der Waals surface area contributed by atoms with Gasteiger partial charge in [0.15, 0.2) is 15.7 Å². The van der Waals surface area contributed by atoms with Crippen LogP contribution in [0.5, 0.6) is 0 Å². The van der Waals surface area contributed by atoms with Gasteiger partial charge in [-0.3, -0.25) is 15.7 Å². The molecule has 0 spiro atoms. The highest BCUT2D eigenvalue weighted by Crippen LogP contribution is 2.27. The summed E-state index contributed by atoms with van der Waals surface area (Å²) in [5, 5.41) is 16.3. The molecular weight excluding hydrogens is 411 g/mol. The maximum atomic E-state index is 14.1. The number of nitrogens with one attached hydrogen (secondary N) is 3. The van der Waals surface area contributed by atoms with Gasteiger partial charge in [0, 0.05) is 17.7 Å². The summed E-state index contributed by atoms with van der Waals surface area (Å²) < 4.78 is 39.2. The van der Waals surface area contributed by atoms with Gasteiger partial charge in [-0.05, 0) is 32.4 Å². The minimum Gasteiger partial charge on any atom is -0.292 e. The van der Waals surface area contributed by atoms with E-state index < -0.39 is 21.7 Å². The maximum Gasteiger partial charge on any atom is 0.326 e. The molecule has 2 amide bonds. The number of hydrogen-bond donors (Lipinski definition) is 3. The number of sulfone groups is 1. The van der Waals surface area contributed by atoms with E-state index in [1.807, 2.05) is 6.92 Å². The van der Waals surface area contributed by atoms with Crippen LogP contribution >= 0.6 is 0 Å². The summed E-state index contributed by atoms with van der Waals surface area (Å²) in [5.74, 6) is 0.316. The number of carbonyl (C=O) groups is 1. The Morgan fingerprint density at radius 3 is 2.77 bits per heavy atom. The van der Waals surface area contributed by atoms with Crippen molar-refractivity contribution in [2.45, 2.75) is 26.3 Å². The number of rotatable bonds is 4. The molecule has 3 N–H and O–H groups in total. The Bertz CT molecular complexity index is 1220. The lowest BCUT2D eigenvalue weighted by atomic mass is 10.1. The fourth-order valence-electron chi connectivity index (χ4n) is 3.49. The summed E-state index contributed by atoms with van der Waals surface area (Å²) in [6, 6.07) is 7.04. The Balaban J connectivity index is 1.48. The summed E-state index contributed by atoms with van der Waals surface area (Å²) in [7, 11) is -3.09. The summed E-state index contributed by atoms with van der Waals surface area (Å²) in [4.78, 5) is 12.4. The van der Waals surface area contributed by atoms with Crippen LogP contribution in [0.2, 0.25) is 0 Å². The second-order valence-electron chi connectivity index (χ2n) is 7.40. The minimum absolute atomic E-state index is 0.00476. The predicted molar refractivity (Wildman–Crippen MR) is 111 cm³/mol. The van der Waals surface area contributed by atoms with Crippen LogP contribution in [-0.2, 0) is 9.84 Å². The van der Waals surface area contributed by atoms with Gasteiger partial charge in [0.25, 0.3) is 0 Å². The molecule has 2 aromatic heterocycles. The van der Waals surface area contributed by atoms with Crippen LogP contribution in [0.3, 0.4) is 0 Å². The van der Waals surface area contributed by atoms with Crippen LogP contribution in [0.15, 0.2) is 30.3 Å². The van der Waals surface area contributed by atoms with Gasteiger partial charge in [-0.25, -0.2) is 22.3 Å². The van der Waals surface area contributed by atoms with E-state index in [1.165, 1.54) is 16.8 Å². The Labute approximate surface area is 172 Å². The third-order valence-electron chi connectivity index (χ3n) is 4.89. The van der Waals surface area contributed by atoms with Crippen molar-refractivity contribution in [2.24, 2.45) is 0 Å². The molecule has 0 radical (unpaired) electrons. The normalized spacial score (nSPS) is 17.8. The molecule has 1 aliphatic rings. The smallest absolute Gasteiger partial charge is 0.292 e. The molecule has 1 fully saturated rings. The number of aromatic amines is 1. The first kappa shape index (κ1) is 20.1. The molecule has 4 rings (SSSR count). The number of urea groups is 1. The lowest BCUT2D eigenvalue weighted by Crippen LogP contribution is -2.23. The average molecular weight is 432 g/mol. The molecule has 0 saturated carbocycles. The number of hydrogen-bond acceptors (Lipinski definition) is 5. The molecule has 0 aliphatic carbocycles. The standard InChI is InChI=1S/C19H21FN6O3S/c1-11-3-4-15(20)14(7-11)16-9-17(24-23-16)21-19(27)22-18-8-12(2)25-26(18)13-5-6-30(28,29)10-13/h3-4,7-9,13H,5-6,10H2,1-2H3,(H3,21,22,23,24,27). The molecule has 3 heterocycles. The summed E-state index contributed by atoms with van der Waals surface area (Å²) in [6.07, 6.45) is 0.449. The highest BCUT2D eigenvalue weighted by molar-refractivity contribution is 7.91. The van der Waals surface area contributed by atoms with Crippen molar-refractivity contribution in [2.75, 3.05) is 22.1 Å². The van der Waals surface area contributed by atoms with E-state index in [9.17, 15) is 17.6 Å². The predicted octanol–water partition coefficient (Wildman–Crippen LogP) is 3.03. The van der Waals surface area contributed by atoms with E-state index in [2.05, 4.69) is 25.9 Å². The third-order valence-corrected chi connectivity index (χ3v) is 6.64. The first-order valence-electron chi connectivity index (χ1n) is 9.37. The maximum absolute atomic E-state index is 14.1. The molecule has 1 atom stereocenters. The van der Waals surface area contributed by atoms with Gasteiger partial charge in [-0.15, -0.1) is 0 Å². The largest absolute Gasteiger partial charge is 0.326 e. The van der Waals surface area contributed by atoms with Crippen LogP contribution in [0.25, 0.3) is 11.3 Å². The van der Waals surface area contributed by atoms with Gasteiger partial charge in [-0.1, -0.05) is 11.6 Å². The number of halogens is 1. The number of carbonyl (C=O) groups excluding carboxylic acids is 1. The summed E-state index contributed by atoms with van der Waals surface area (Å²) in [5.41, 5.74) is 2.34. The molecule has 1 unspecified atom stereocenters. The molecular formula is C19H21FN6O3S. The molecule has 11 heteroatoms.